The molecular weight excluding hydrogens is 1800 g/mol. The van der Waals surface area contributed by atoms with Crippen molar-refractivity contribution in [2.24, 2.45) is 0 Å². The minimum absolute atomic E-state index is 0.0592. The largest absolute Gasteiger partial charge is 0.0619 e. The smallest absolute Gasteiger partial charge is 0.0159 e. The number of benzene rings is 27. The molecule has 0 aromatic heterocycles. The third-order valence-electron chi connectivity index (χ3n) is 34.7. The zero-order valence-electron chi connectivity index (χ0n) is 85.3. The van der Waals surface area contributed by atoms with Gasteiger partial charge in [0.2, 0.25) is 0 Å². The Bertz CT molecular complexity index is 10300. The molecule has 0 saturated heterocycles. The summed E-state index contributed by atoms with van der Waals surface area (Å²) in [4.78, 5) is 0. The molecule has 27 aromatic rings. The van der Waals surface area contributed by atoms with E-state index in [4.69, 9.17) is 0 Å². The fourth-order valence-electron chi connectivity index (χ4n) is 27.4. The summed E-state index contributed by atoms with van der Waals surface area (Å²) in [6.07, 6.45) is 0. The highest BCUT2D eigenvalue weighted by atomic mass is 14.5. The van der Waals surface area contributed by atoms with Gasteiger partial charge in [0, 0.05) is 21.7 Å². The molecule has 27 aromatic carbocycles. The molecule has 0 unspecified atom stereocenters. The van der Waals surface area contributed by atoms with Crippen LogP contribution >= 0.6 is 0 Å². The highest BCUT2D eigenvalue weighted by Gasteiger charge is 2.42. The van der Waals surface area contributed by atoms with Crippen LogP contribution in [0, 0.1) is 0 Å². The summed E-state index contributed by atoms with van der Waals surface area (Å²) in [6.45, 7) is 19.0. The van der Waals surface area contributed by atoms with Crippen LogP contribution in [-0.4, -0.2) is 0 Å². The van der Waals surface area contributed by atoms with Crippen LogP contribution in [-0.2, 0) is 21.7 Å². The molecule has 706 valence electrons. The molecule has 0 bridgehead atoms. The van der Waals surface area contributed by atoms with Crippen LogP contribution in [0.2, 0.25) is 0 Å². The van der Waals surface area contributed by atoms with Crippen LogP contribution in [0.25, 0.3) is 263 Å². The summed E-state index contributed by atoms with van der Waals surface area (Å²) in [6, 6.07) is 186. The van der Waals surface area contributed by atoms with E-state index in [9.17, 15) is 0 Å². The maximum Gasteiger partial charge on any atom is 0.0159 e. The van der Waals surface area contributed by atoms with Crippen LogP contribution in [0.3, 0.4) is 0 Å². The van der Waals surface area contributed by atoms with Gasteiger partial charge < -0.3 is 0 Å². The Morgan fingerprint density at radius 2 is 0.347 bits per heavy atom. The molecule has 4 aliphatic carbocycles. The van der Waals surface area contributed by atoms with Crippen molar-refractivity contribution >= 4 is 129 Å². The molecule has 0 radical (unpaired) electrons. The van der Waals surface area contributed by atoms with Gasteiger partial charge in [-0.05, 0) is 380 Å². The van der Waals surface area contributed by atoms with E-state index in [2.05, 4.69) is 553 Å². The lowest BCUT2D eigenvalue weighted by molar-refractivity contribution is 0.661. The summed E-state index contributed by atoms with van der Waals surface area (Å²) in [5, 5.41) is 30.9. The lowest BCUT2D eigenvalue weighted by Gasteiger charge is -2.24. The molecule has 0 amide bonds. The monoisotopic (exact) mass is 1910 g/mol. The maximum atomic E-state index is 2.53. The topological polar surface area (TPSA) is 0 Å². The molecule has 31 rings (SSSR count). The average molecular weight is 1910 g/mol. The van der Waals surface area contributed by atoms with Gasteiger partial charge in [-0.1, -0.05) is 480 Å². The van der Waals surface area contributed by atoms with Crippen LogP contribution in [0.4, 0.5) is 0 Å². The molecular formula is C150H106. The highest BCUT2D eigenvalue weighted by Crippen LogP contribution is 2.61. The average Bonchev–Trinajstić information content (AvgIpc) is 1.53. The molecule has 0 nitrogen and oxygen atoms in total. The Hall–Kier alpha value is -17.9. The molecule has 0 fully saturated rings. The van der Waals surface area contributed by atoms with Crippen LogP contribution in [0.5, 0.6) is 0 Å². The summed E-state index contributed by atoms with van der Waals surface area (Å²) in [7, 11) is 0. The van der Waals surface area contributed by atoms with Crippen molar-refractivity contribution in [1.82, 2.24) is 0 Å². The summed E-state index contributed by atoms with van der Waals surface area (Å²) >= 11 is 0. The van der Waals surface area contributed by atoms with E-state index in [0.29, 0.717) is 0 Å². The lowest BCUT2D eigenvalue weighted by Crippen LogP contribution is -2.15. The minimum Gasteiger partial charge on any atom is -0.0619 e. The molecule has 0 saturated carbocycles. The second-order valence-corrected chi connectivity index (χ2v) is 44.2. The Morgan fingerprint density at radius 1 is 0.100 bits per heavy atom. The zero-order chi connectivity index (χ0) is 100. The van der Waals surface area contributed by atoms with Crippen LogP contribution in [0.15, 0.2) is 497 Å². The first-order chi connectivity index (χ1) is 73.4. The lowest BCUT2D eigenvalue weighted by atomic mass is 9.78. The predicted molar refractivity (Wildman–Crippen MR) is 643 cm³/mol. The van der Waals surface area contributed by atoms with Gasteiger partial charge in [-0.15, -0.1) is 0 Å². The van der Waals surface area contributed by atoms with Gasteiger partial charge in [0.1, 0.15) is 0 Å². The second-order valence-electron chi connectivity index (χ2n) is 44.2. The minimum atomic E-state index is -0.101. The van der Waals surface area contributed by atoms with Crippen LogP contribution < -0.4 is 0 Å². The Kier molecular flexibility index (Phi) is 20.0. The van der Waals surface area contributed by atoms with Gasteiger partial charge in [-0.25, -0.2) is 0 Å². The molecule has 0 N–H and O–H groups in total. The highest BCUT2D eigenvalue weighted by molar-refractivity contribution is 6.28. The number of hydrogen-bond acceptors (Lipinski definition) is 0. The van der Waals surface area contributed by atoms with Gasteiger partial charge in [-0.3, -0.25) is 0 Å². The fraction of sp³-hybridized carbons (Fsp3) is 0.0800. The fourth-order valence-corrected chi connectivity index (χ4v) is 27.4. The quantitative estimate of drug-likeness (QED) is 0.133. The molecule has 0 heterocycles. The number of rotatable bonds is 8. The molecule has 0 aliphatic heterocycles. The van der Waals surface area contributed by atoms with Crippen molar-refractivity contribution < 1.29 is 0 Å². The van der Waals surface area contributed by atoms with Crippen LogP contribution in [0.1, 0.15) is 99.9 Å². The first-order valence-electron chi connectivity index (χ1n) is 53.1. The third kappa shape index (κ3) is 13.5. The summed E-state index contributed by atoms with van der Waals surface area (Å²) in [5.41, 5.74) is 42.2. The van der Waals surface area contributed by atoms with E-state index in [1.165, 1.54) is 307 Å². The first kappa shape index (κ1) is 88.5. The van der Waals surface area contributed by atoms with E-state index in [1.54, 1.807) is 0 Å². The van der Waals surface area contributed by atoms with E-state index >= 15 is 0 Å². The first-order valence-corrected chi connectivity index (χ1v) is 53.1. The van der Waals surface area contributed by atoms with Crippen molar-refractivity contribution in [3.8, 4) is 134 Å². The van der Waals surface area contributed by atoms with Gasteiger partial charge in [0.05, 0.1) is 0 Å². The Balaban J connectivity index is 0.000000106. The molecule has 0 atom stereocenters. The predicted octanol–water partition coefficient (Wildman–Crippen LogP) is 41.5. The molecule has 4 aliphatic rings. The van der Waals surface area contributed by atoms with Crippen molar-refractivity contribution in [2.45, 2.75) is 77.0 Å². The van der Waals surface area contributed by atoms with Gasteiger partial charge >= 0.3 is 0 Å². The van der Waals surface area contributed by atoms with E-state index < -0.39 is 0 Å². The third-order valence-corrected chi connectivity index (χ3v) is 34.7. The van der Waals surface area contributed by atoms with Gasteiger partial charge in [0.25, 0.3) is 0 Å². The number of hydrogen-bond donors (Lipinski definition) is 0. The summed E-state index contributed by atoms with van der Waals surface area (Å²) in [5.74, 6) is 0. The van der Waals surface area contributed by atoms with E-state index in [-0.39, 0.29) is 21.7 Å². The second kappa shape index (κ2) is 33.8. The SMILES string of the molecule is CC1(C)c2ccc(-c3c4ccccc4c(-c4cc5c(c6ccccc46)-c4ccccc4C5(C)C)c4ccccc34)cc2-c2cc3ccccc3cc21.CC1(C)c2ccc(-c3c4ccccc4c(-c4cccc(-c5cccc6ccccc56)c4)c4ccccc34)cc2-c2cc3ccccc3cc21.CC1(C)c2ccc(-c3c4ccccc4c(-c4ccccc4-c4ccc5ccccc5c4)c4ccccc34)cc2-c2cc3ccccc3cc21. The van der Waals surface area contributed by atoms with Crippen molar-refractivity contribution in [2.75, 3.05) is 0 Å². The molecule has 0 spiro atoms. The zero-order valence-corrected chi connectivity index (χ0v) is 85.3. The Morgan fingerprint density at radius 3 is 0.753 bits per heavy atom. The van der Waals surface area contributed by atoms with Gasteiger partial charge in [-0.2, -0.15) is 0 Å². The normalized spacial score (nSPS) is 13.8. The standard InChI is InChI=1S/C52H38.2C49H34/c1-51(2)45-26-25-33(28-41(45)42-27-31-15-5-6-16-32(31)29-46(42)51)48-36-19-9-11-21-38(36)49(39-22-12-10-20-37(39)48)43-30-47-50(35-18-8-7-17-34(35)43)40-23-13-14-24-44(40)52(47,3)4;1-49(2)45-26-25-36(29-43(45)44-28-32-14-3-4-15-33(32)30-46(44)49)48-41-22-9-7-20-39(41)47(40-21-8-10-23-42(40)48)35-18-11-17-34(27-35)38-24-12-16-31-13-5-6-19-37(31)38;1-49(2)45-26-25-36(29-43(45)44-28-33-15-5-6-16-34(33)30-46(44)49)47-39-19-9-11-21-41(39)48(42-22-12-10-20-40(42)47)38-18-8-7-17-37(38)35-24-23-31-13-3-4-14-32(31)27-35/h5-30H,1-4H3;2*3-30H,1-2H3. The van der Waals surface area contributed by atoms with E-state index in [0.717, 1.165) is 0 Å². The van der Waals surface area contributed by atoms with E-state index in [1.807, 2.05) is 0 Å². The maximum absolute atomic E-state index is 2.53. The Labute approximate surface area is 875 Å². The van der Waals surface area contributed by atoms with Crippen molar-refractivity contribution in [3.63, 3.8) is 0 Å². The van der Waals surface area contributed by atoms with Crippen molar-refractivity contribution in [3.05, 3.63) is 542 Å². The molecule has 0 heteroatoms. The summed E-state index contributed by atoms with van der Waals surface area (Å²) < 4.78 is 0. The van der Waals surface area contributed by atoms with Gasteiger partial charge in [0.15, 0.2) is 0 Å². The number of fused-ring (bicyclic) bond motifs is 25. The molecule has 150 heavy (non-hydrogen) atoms. The van der Waals surface area contributed by atoms with Crippen molar-refractivity contribution in [1.29, 1.82) is 0 Å².